The summed E-state index contributed by atoms with van der Waals surface area (Å²) >= 11 is 0. The normalized spacial score (nSPS) is 15.5. The molecule has 1 aromatic carbocycles. The van der Waals surface area contributed by atoms with Crippen molar-refractivity contribution in [2.24, 2.45) is 0 Å². The highest BCUT2D eigenvalue weighted by atomic mass is 19.1. The maximum absolute atomic E-state index is 13.5. The number of halogens is 1. The van der Waals surface area contributed by atoms with Crippen molar-refractivity contribution in [2.45, 2.75) is 31.3 Å². The summed E-state index contributed by atoms with van der Waals surface area (Å²) in [7, 11) is 5.26. The molecule has 128 valence electrons. The van der Waals surface area contributed by atoms with Gasteiger partial charge in [0.1, 0.15) is 11.9 Å². The molecule has 6 nitrogen and oxygen atoms in total. The van der Waals surface area contributed by atoms with Crippen LogP contribution in [0.1, 0.15) is 42.1 Å². The molecule has 0 bridgehead atoms. The highest BCUT2D eigenvalue weighted by Crippen LogP contribution is 2.38. The minimum atomic E-state index is -0.573. The third-order valence-corrected chi connectivity index (χ3v) is 4.09. The SMILES string of the molecule is CN(Cc1nc(C2CC2)no1)C(=O)[C@H](c1cccc(F)c1)N(C)C. The summed E-state index contributed by atoms with van der Waals surface area (Å²) in [5.41, 5.74) is 0.612. The Morgan fingerprint density at radius 2 is 2.12 bits per heavy atom. The van der Waals surface area contributed by atoms with Crippen molar-refractivity contribution in [3.05, 3.63) is 47.4 Å². The lowest BCUT2D eigenvalue weighted by molar-refractivity contribution is -0.135. The molecule has 0 N–H and O–H groups in total. The van der Waals surface area contributed by atoms with Crippen molar-refractivity contribution in [3.8, 4) is 0 Å². The first-order valence-corrected chi connectivity index (χ1v) is 7.95. The number of rotatable bonds is 6. The van der Waals surface area contributed by atoms with Gasteiger partial charge in [-0.3, -0.25) is 9.69 Å². The van der Waals surface area contributed by atoms with Gasteiger partial charge in [0.2, 0.25) is 11.8 Å². The number of carbonyl (C=O) groups excluding carboxylic acids is 1. The van der Waals surface area contributed by atoms with E-state index in [1.807, 2.05) is 0 Å². The lowest BCUT2D eigenvalue weighted by Crippen LogP contribution is -2.38. The minimum Gasteiger partial charge on any atom is -0.337 e. The average molecular weight is 332 g/mol. The first-order valence-electron chi connectivity index (χ1n) is 7.95. The van der Waals surface area contributed by atoms with E-state index in [2.05, 4.69) is 10.1 Å². The van der Waals surface area contributed by atoms with Crippen LogP contribution in [0.5, 0.6) is 0 Å². The van der Waals surface area contributed by atoms with Gasteiger partial charge in [0.15, 0.2) is 5.82 Å². The highest BCUT2D eigenvalue weighted by Gasteiger charge is 2.30. The fourth-order valence-electron chi connectivity index (χ4n) is 2.67. The fraction of sp³-hybridized carbons (Fsp3) is 0.471. The van der Waals surface area contributed by atoms with Gasteiger partial charge in [0.25, 0.3) is 0 Å². The molecule has 1 heterocycles. The zero-order valence-electron chi connectivity index (χ0n) is 14.1. The summed E-state index contributed by atoms with van der Waals surface area (Å²) in [6.45, 7) is 0.234. The molecule has 0 aliphatic heterocycles. The van der Waals surface area contributed by atoms with Crippen molar-refractivity contribution < 1.29 is 13.7 Å². The summed E-state index contributed by atoms with van der Waals surface area (Å²) in [5, 5.41) is 3.96. The van der Waals surface area contributed by atoms with Crippen LogP contribution in [0.25, 0.3) is 0 Å². The maximum atomic E-state index is 13.5. The predicted molar refractivity (Wildman–Crippen MR) is 85.6 cm³/mol. The standard InChI is InChI=1S/C17H21FN4O2/c1-21(2)15(12-5-4-6-13(18)9-12)17(23)22(3)10-14-19-16(20-24-14)11-7-8-11/h4-6,9,11,15H,7-8,10H2,1-3H3/t15-/m0/s1. The van der Waals surface area contributed by atoms with Crippen LogP contribution >= 0.6 is 0 Å². The Bertz CT molecular complexity index is 727. The number of nitrogens with zero attached hydrogens (tertiary/aromatic N) is 4. The van der Waals surface area contributed by atoms with Crippen LogP contribution < -0.4 is 0 Å². The molecule has 2 aromatic rings. The van der Waals surface area contributed by atoms with Crippen LogP contribution in [-0.2, 0) is 11.3 Å². The van der Waals surface area contributed by atoms with E-state index in [9.17, 15) is 9.18 Å². The molecule has 0 unspecified atom stereocenters. The summed E-state index contributed by atoms with van der Waals surface area (Å²) in [5.74, 6) is 1.03. The second-order valence-corrected chi connectivity index (χ2v) is 6.44. The zero-order valence-corrected chi connectivity index (χ0v) is 14.1. The summed E-state index contributed by atoms with van der Waals surface area (Å²) in [4.78, 5) is 20.5. The topological polar surface area (TPSA) is 62.5 Å². The van der Waals surface area contributed by atoms with Gasteiger partial charge in [-0.25, -0.2) is 4.39 Å². The van der Waals surface area contributed by atoms with Crippen molar-refractivity contribution >= 4 is 5.91 Å². The molecular formula is C17H21FN4O2. The summed E-state index contributed by atoms with van der Waals surface area (Å²) in [6.07, 6.45) is 2.19. The molecule has 1 amide bonds. The monoisotopic (exact) mass is 332 g/mol. The largest absolute Gasteiger partial charge is 0.337 e. The van der Waals surface area contributed by atoms with E-state index >= 15 is 0 Å². The first kappa shape index (κ1) is 16.6. The molecule has 7 heteroatoms. The van der Waals surface area contributed by atoms with E-state index in [0.717, 1.165) is 18.7 Å². The molecule has 1 saturated carbocycles. The van der Waals surface area contributed by atoms with Crippen LogP contribution in [-0.4, -0.2) is 47.0 Å². The van der Waals surface area contributed by atoms with Crippen LogP contribution in [0.4, 0.5) is 4.39 Å². The maximum Gasteiger partial charge on any atom is 0.246 e. The van der Waals surface area contributed by atoms with Gasteiger partial charge in [-0.15, -0.1) is 0 Å². The van der Waals surface area contributed by atoms with E-state index in [4.69, 9.17) is 4.52 Å². The Kier molecular flexibility index (Phi) is 4.62. The van der Waals surface area contributed by atoms with E-state index < -0.39 is 6.04 Å². The number of aromatic nitrogens is 2. The van der Waals surface area contributed by atoms with Gasteiger partial charge in [-0.2, -0.15) is 4.98 Å². The van der Waals surface area contributed by atoms with Crippen molar-refractivity contribution in [1.29, 1.82) is 0 Å². The highest BCUT2D eigenvalue weighted by molar-refractivity contribution is 5.83. The smallest absolute Gasteiger partial charge is 0.246 e. The number of hydrogen-bond acceptors (Lipinski definition) is 5. The quantitative estimate of drug-likeness (QED) is 0.812. The minimum absolute atomic E-state index is 0.156. The van der Waals surface area contributed by atoms with Crippen molar-refractivity contribution in [2.75, 3.05) is 21.1 Å². The molecule has 1 fully saturated rings. The van der Waals surface area contributed by atoms with E-state index in [1.54, 1.807) is 38.2 Å². The van der Waals surface area contributed by atoms with E-state index in [0.29, 0.717) is 17.4 Å². The number of carbonyl (C=O) groups is 1. The molecule has 1 atom stereocenters. The molecule has 0 spiro atoms. The van der Waals surface area contributed by atoms with Gasteiger partial charge in [0, 0.05) is 13.0 Å². The van der Waals surface area contributed by atoms with Crippen LogP contribution in [0, 0.1) is 5.82 Å². The van der Waals surface area contributed by atoms with Gasteiger partial charge >= 0.3 is 0 Å². The van der Waals surface area contributed by atoms with Crippen LogP contribution in [0.2, 0.25) is 0 Å². The summed E-state index contributed by atoms with van der Waals surface area (Å²) < 4.78 is 18.7. The van der Waals surface area contributed by atoms with E-state index in [1.165, 1.54) is 17.0 Å². The Balaban J connectivity index is 1.73. The second kappa shape index (κ2) is 6.68. The number of likely N-dealkylation sites (N-methyl/N-ethyl adjacent to an activating group) is 2. The van der Waals surface area contributed by atoms with Gasteiger partial charge in [-0.05, 0) is 44.6 Å². The van der Waals surface area contributed by atoms with Gasteiger partial charge < -0.3 is 9.42 Å². The predicted octanol–water partition coefficient (Wildman–Crippen LogP) is 2.35. The van der Waals surface area contributed by atoms with Crippen molar-refractivity contribution in [3.63, 3.8) is 0 Å². The lowest BCUT2D eigenvalue weighted by Gasteiger charge is -2.28. The molecule has 3 rings (SSSR count). The first-order chi connectivity index (χ1) is 11.5. The average Bonchev–Trinajstić information content (AvgIpc) is 3.27. The van der Waals surface area contributed by atoms with Crippen LogP contribution in [0.15, 0.2) is 28.8 Å². The third kappa shape index (κ3) is 3.62. The number of hydrogen-bond donors (Lipinski definition) is 0. The Morgan fingerprint density at radius 1 is 1.38 bits per heavy atom. The molecule has 0 saturated heterocycles. The molecule has 0 radical (unpaired) electrons. The van der Waals surface area contributed by atoms with Gasteiger partial charge in [-0.1, -0.05) is 17.3 Å². The van der Waals surface area contributed by atoms with E-state index in [-0.39, 0.29) is 18.3 Å². The lowest BCUT2D eigenvalue weighted by atomic mass is 10.0. The third-order valence-electron chi connectivity index (χ3n) is 4.09. The fourth-order valence-corrected chi connectivity index (χ4v) is 2.67. The Morgan fingerprint density at radius 3 is 2.75 bits per heavy atom. The number of amides is 1. The molecule has 1 aliphatic carbocycles. The molecule has 1 aromatic heterocycles. The second-order valence-electron chi connectivity index (χ2n) is 6.44. The molecule has 24 heavy (non-hydrogen) atoms. The van der Waals surface area contributed by atoms with Crippen molar-refractivity contribution in [1.82, 2.24) is 19.9 Å². The molecule has 1 aliphatic rings. The van der Waals surface area contributed by atoms with Gasteiger partial charge in [0.05, 0.1) is 6.54 Å². The van der Waals surface area contributed by atoms with Crippen LogP contribution in [0.3, 0.4) is 0 Å². The zero-order chi connectivity index (χ0) is 17.3. The number of benzene rings is 1. The summed E-state index contributed by atoms with van der Waals surface area (Å²) in [6, 6.07) is 5.53. The molecular weight excluding hydrogens is 311 g/mol. The Labute approximate surface area is 140 Å². The Hall–Kier alpha value is -2.28.